The van der Waals surface area contributed by atoms with Crippen molar-refractivity contribution in [3.05, 3.63) is 75.9 Å². The largest absolute Gasteiger partial charge is 0.468 e. The van der Waals surface area contributed by atoms with Crippen molar-refractivity contribution in [1.29, 1.82) is 0 Å². The second-order valence-corrected chi connectivity index (χ2v) is 8.67. The summed E-state index contributed by atoms with van der Waals surface area (Å²) in [7, 11) is 1.88. The normalized spacial score (nSPS) is 22.8. The van der Waals surface area contributed by atoms with Gasteiger partial charge in [-0.05, 0) is 31.5 Å². The summed E-state index contributed by atoms with van der Waals surface area (Å²) in [5.74, 6) is 1.10. The van der Waals surface area contributed by atoms with Gasteiger partial charge in [-0.25, -0.2) is 0 Å². The third-order valence-corrected chi connectivity index (χ3v) is 6.74. The molecule has 5 heterocycles. The molecule has 3 aromatic heterocycles. The fourth-order valence-corrected chi connectivity index (χ4v) is 5.12. The molecule has 3 aromatic rings. The number of furan rings is 1. The standard InChI is InChI=1S/C23H27N5O3/c1-15-18(11-25-26(15)2)10-24-23(30)22-17-9-16(20-6-3-7-21(29)28(20)22)12-27(13-17)14-19-5-4-8-31-19/h3-8,11,16-17,22H,9-10,12-14H2,1-2H3,(H,24,30)/t16-,17+,22-/m1/s1. The number of pyridine rings is 1. The van der Waals surface area contributed by atoms with Gasteiger partial charge in [0, 0.05) is 61.5 Å². The number of rotatable bonds is 5. The van der Waals surface area contributed by atoms with Crippen molar-refractivity contribution in [1.82, 2.24) is 24.6 Å². The van der Waals surface area contributed by atoms with E-state index in [2.05, 4.69) is 15.3 Å². The number of fused-ring (bicyclic) bond motifs is 4. The summed E-state index contributed by atoms with van der Waals surface area (Å²) < 4.78 is 9.06. The van der Waals surface area contributed by atoms with E-state index in [0.29, 0.717) is 13.1 Å². The fraction of sp³-hybridized carbons (Fsp3) is 0.435. The van der Waals surface area contributed by atoms with Gasteiger partial charge < -0.3 is 9.73 Å². The van der Waals surface area contributed by atoms with Crippen molar-refractivity contribution in [2.45, 2.75) is 38.4 Å². The van der Waals surface area contributed by atoms with Crippen LogP contribution in [0.15, 0.2) is 52.0 Å². The molecule has 8 heteroatoms. The van der Waals surface area contributed by atoms with E-state index in [1.54, 1.807) is 33.8 Å². The lowest BCUT2D eigenvalue weighted by Crippen LogP contribution is -2.53. The summed E-state index contributed by atoms with van der Waals surface area (Å²) in [6.45, 7) is 4.69. The number of nitrogens with zero attached hydrogens (tertiary/aromatic N) is 4. The monoisotopic (exact) mass is 421 g/mol. The Balaban J connectivity index is 1.42. The molecule has 1 fully saturated rings. The highest BCUT2D eigenvalue weighted by molar-refractivity contribution is 5.81. The number of carbonyl (C=O) groups excluding carboxylic acids is 1. The van der Waals surface area contributed by atoms with Gasteiger partial charge in [0.05, 0.1) is 19.0 Å². The minimum atomic E-state index is -0.517. The van der Waals surface area contributed by atoms with E-state index in [0.717, 1.165) is 42.2 Å². The zero-order chi connectivity index (χ0) is 21.5. The first-order chi connectivity index (χ1) is 15.0. The number of piperidine rings is 1. The molecule has 0 aromatic carbocycles. The van der Waals surface area contributed by atoms with Gasteiger partial charge in [-0.3, -0.25) is 23.7 Å². The van der Waals surface area contributed by atoms with Crippen molar-refractivity contribution in [2.75, 3.05) is 13.1 Å². The van der Waals surface area contributed by atoms with Gasteiger partial charge in [-0.15, -0.1) is 0 Å². The first-order valence-electron chi connectivity index (χ1n) is 10.7. The SMILES string of the molecule is Cc1c(CNC(=O)[C@H]2[C@H]3C[C@H](CN(Cc4ccco4)C3)c3cccc(=O)n32)cnn1C. The summed E-state index contributed by atoms with van der Waals surface area (Å²) >= 11 is 0. The van der Waals surface area contributed by atoms with Crippen LogP contribution in [0.25, 0.3) is 0 Å². The first kappa shape index (κ1) is 19.8. The molecular weight excluding hydrogens is 394 g/mol. The van der Waals surface area contributed by atoms with Crippen molar-refractivity contribution < 1.29 is 9.21 Å². The van der Waals surface area contributed by atoms with Crippen LogP contribution in [0.1, 0.15) is 41.1 Å². The number of aromatic nitrogens is 3. The maximum Gasteiger partial charge on any atom is 0.251 e. The van der Waals surface area contributed by atoms with Crippen LogP contribution in [0.3, 0.4) is 0 Å². The summed E-state index contributed by atoms with van der Waals surface area (Å²) in [5, 5.41) is 7.31. The Hall–Kier alpha value is -3.13. The quantitative estimate of drug-likeness (QED) is 0.681. The molecule has 1 amide bonds. The van der Waals surface area contributed by atoms with E-state index in [9.17, 15) is 9.59 Å². The van der Waals surface area contributed by atoms with Gasteiger partial charge in [0.15, 0.2) is 0 Å². The second kappa shape index (κ2) is 7.85. The maximum absolute atomic E-state index is 13.4. The highest BCUT2D eigenvalue weighted by Crippen LogP contribution is 2.41. The smallest absolute Gasteiger partial charge is 0.251 e. The molecular formula is C23H27N5O3. The van der Waals surface area contributed by atoms with Crippen molar-refractivity contribution in [2.24, 2.45) is 13.0 Å². The first-order valence-corrected chi connectivity index (χ1v) is 10.7. The highest BCUT2D eigenvalue weighted by atomic mass is 16.3. The van der Waals surface area contributed by atoms with Gasteiger partial charge >= 0.3 is 0 Å². The number of hydrogen-bond acceptors (Lipinski definition) is 5. The highest BCUT2D eigenvalue weighted by Gasteiger charge is 2.43. The molecule has 162 valence electrons. The van der Waals surface area contributed by atoms with Crippen LogP contribution < -0.4 is 10.9 Å². The Morgan fingerprint density at radius 3 is 2.87 bits per heavy atom. The number of amides is 1. The minimum Gasteiger partial charge on any atom is -0.468 e. The lowest BCUT2D eigenvalue weighted by atomic mass is 9.78. The average Bonchev–Trinajstić information content (AvgIpc) is 3.37. The summed E-state index contributed by atoms with van der Waals surface area (Å²) in [6.07, 6.45) is 4.37. The van der Waals surface area contributed by atoms with Crippen LogP contribution in [-0.2, 0) is 24.9 Å². The summed E-state index contributed by atoms with van der Waals surface area (Å²) in [4.78, 5) is 28.6. The Labute approximate surface area is 180 Å². The van der Waals surface area contributed by atoms with E-state index in [1.807, 2.05) is 32.2 Å². The number of nitrogens with one attached hydrogen (secondary N) is 1. The van der Waals surface area contributed by atoms with Crippen LogP contribution in [-0.4, -0.2) is 38.2 Å². The predicted molar refractivity (Wildman–Crippen MR) is 114 cm³/mol. The van der Waals surface area contributed by atoms with Gasteiger partial charge in [-0.2, -0.15) is 5.10 Å². The molecule has 1 saturated heterocycles. The van der Waals surface area contributed by atoms with E-state index in [1.165, 1.54) is 0 Å². The molecule has 2 bridgehead atoms. The van der Waals surface area contributed by atoms with E-state index in [4.69, 9.17) is 4.42 Å². The van der Waals surface area contributed by atoms with E-state index >= 15 is 0 Å². The third-order valence-electron chi connectivity index (χ3n) is 6.74. The molecule has 0 saturated carbocycles. The lowest BCUT2D eigenvalue weighted by molar-refractivity contribution is -0.128. The van der Waals surface area contributed by atoms with Crippen molar-refractivity contribution >= 4 is 5.91 Å². The number of carbonyl (C=O) groups is 1. The van der Waals surface area contributed by atoms with Crippen LogP contribution in [0.2, 0.25) is 0 Å². The second-order valence-electron chi connectivity index (χ2n) is 8.67. The Bertz CT molecular complexity index is 1150. The molecule has 0 unspecified atom stereocenters. The molecule has 1 N–H and O–H groups in total. The average molecular weight is 422 g/mol. The zero-order valence-electron chi connectivity index (χ0n) is 17.8. The van der Waals surface area contributed by atoms with Crippen molar-refractivity contribution in [3.63, 3.8) is 0 Å². The molecule has 5 rings (SSSR count). The van der Waals surface area contributed by atoms with Crippen LogP contribution in [0.5, 0.6) is 0 Å². The summed E-state index contributed by atoms with van der Waals surface area (Å²) in [6, 6.07) is 8.69. The summed E-state index contributed by atoms with van der Waals surface area (Å²) in [5.41, 5.74) is 2.84. The van der Waals surface area contributed by atoms with Gasteiger partial charge in [0.1, 0.15) is 11.8 Å². The van der Waals surface area contributed by atoms with E-state index < -0.39 is 6.04 Å². The third kappa shape index (κ3) is 3.61. The molecule has 8 nitrogen and oxygen atoms in total. The number of likely N-dealkylation sites (tertiary alicyclic amines) is 1. The predicted octanol–water partition coefficient (Wildman–Crippen LogP) is 1.96. The van der Waals surface area contributed by atoms with Crippen LogP contribution in [0.4, 0.5) is 0 Å². The van der Waals surface area contributed by atoms with Crippen molar-refractivity contribution in [3.8, 4) is 0 Å². The van der Waals surface area contributed by atoms with Crippen LogP contribution in [0, 0.1) is 12.8 Å². The molecule has 2 aliphatic heterocycles. The Morgan fingerprint density at radius 1 is 1.26 bits per heavy atom. The molecule has 2 aliphatic rings. The molecule has 3 atom stereocenters. The molecule has 31 heavy (non-hydrogen) atoms. The molecule has 0 radical (unpaired) electrons. The Kier molecular flexibility index (Phi) is 5.02. The van der Waals surface area contributed by atoms with Gasteiger partial charge in [-0.1, -0.05) is 6.07 Å². The zero-order valence-corrected chi connectivity index (χ0v) is 17.8. The molecule has 0 aliphatic carbocycles. The van der Waals surface area contributed by atoms with Crippen LogP contribution >= 0.6 is 0 Å². The minimum absolute atomic E-state index is 0.0660. The topological polar surface area (TPSA) is 85.3 Å². The number of aryl methyl sites for hydroxylation is 1. The Morgan fingerprint density at radius 2 is 2.13 bits per heavy atom. The fourth-order valence-electron chi connectivity index (χ4n) is 5.12. The molecule has 0 spiro atoms. The van der Waals surface area contributed by atoms with Gasteiger partial charge in [0.25, 0.3) is 5.56 Å². The van der Waals surface area contributed by atoms with E-state index in [-0.39, 0.29) is 23.3 Å². The number of hydrogen-bond donors (Lipinski definition) is 1. The lowest BCUT2D eigenvalue weighted by Gasteiger charge is -2.46. The maximum atomic E-state index is 13.4. The van der Waals surface area contributed by atoms with Gasteiger partial charge in [0.2, 0.25) is 5.91 Å².